The fourth-order valence-corrected chi connectivity index (χ4v) is 3.19. The van der Waals surface area contributed by atoms with Crippen molar-refractivity contribution in [1.82, 2.24) is 0 Å². The Balaban J connectivity index is 2.22. The number of fused-ring (bicyclic) bond motifs is 1. The van der Waals surface area contributed by atoms with Gasteiger partial charge in [-0.15, -0.1) is 0 Å². The molecule has 0 amide bonds. The summed E-state index contributed by atoms with van der Waals surface area (Å²) in [5.41, 5.74) is 7.08. The lowest BCUT2D eigenvalue weighted by atomic mass is 9.70. The summed E-state index contributed by atoms with van der Waals surface area (Å²) in [7, 11) is 0. The van der Waals surface area contributed by atoms with Crippen LogP contribution < -0.4 is 0 Å². The molecule has 1 aliphatic carbocycles. The summed E-state index contributed by atoms with van der Waals surface area (Å²) in [4.78, 5) is 0. The molecule has 0 saturated carbocycles. The quantitative estimate of drug-likeness (QED) is 0.544. The van der Waals surface area contributed by atoms with Gasteiger partial charge in [0.2, 0.25) is 0 Å². The summed E-state index contributed by atoms with van der Waals surface area (Å²) in [5, 5.41) is 0. The van der Waals surface area contributed by atoms with E-state index < -0.39 is 0 Å². The van der Waals surface area contributed by atoms with Crippen LogP contribution in [0.3, 0.4) is 0 Å². The molecule has 0 radical (unpaired) electrons. The Bertz CT molecular complexity index is 588. The van der Waals surface area contributed by atoms with Crippen molar-refractivity contribution in [3.63, 3.8) is 0 Å². The first kappa shape index (κ1) is 15.8. The highest BCUT2D eigenvalue weighted by Gasteiger charge is 2.30. The molecule has 21 heavy (non-hydrogen) atoms. The predicted octanol–water partition coefficient (Wildman–Crippen LogP) is 6.20. The van der Waals surface area contributed by atoms with E-state index in [0.717, 1.165) is 19.3 Å². The molecule has 0 fully saturated rings. The lowest BCUT2D eigenvalue weighted by molar-refractivity contribution is 0.329. The maximum absolute atomic E-state index is 4.28. The van der Waals surface area contributed by atoms with Gasteiger partial charge in [0.25, 0.3) is 0 Å². The summed E-state index contributed by atoms with van der Waals surface area (Å²) in [6.45, 7) is 17.3. The van der Waals surface area contributed by atoms with E-state index in [1.807, 2.05) is 0 Å². The zero-order chi connectivity index (χ0) is 15.6. The molecule has 0 N–H and O–H groups in total. The van der Waals surface area contributed by atoms with Crippen LogP contribution in [0.25, 0.3) is 5.57 Å². The van der Waals surface area contributed by atoms with Crippen LogP contribution in [0, 0.1) is 11.3 Å². The van der Waals surface area contributed by atoms with Crippen molar-refractivity contribution in [2.45, 2.75) is 47.0 Å². The van der Waals surface area contributed by atoms with Crippen LogP contribution in [-0.2, 0) is 6.42 Å². The second kappa shape index (κ2) is 6.05. The minimum absolute atomic E-state index is 0.141. The first-order valence-electron chi connectivity index (χ1n) is 7.92. The van der Waals surface area contributed by atoms with Crippen LogP contribution in [0.5, 0.6) is 0 Å². The van der Waals surface area contributed by atoms with Crippen LogP contribution in [0.1, 0.15) is 51.7 Å². The SMILES string of the molecule is C=C(C)C(C)CC(C)(CC1=CCc2ccccc21)C(=C)C. The molecular weight excluding hydrogens is 252 g/mol. The highest BCUT2D eigenvalue weighted by molar-refractivity contribution is 5.73. The standard InChI is InChI=1S/C21H28/c1-15(2)17(5)13-21(6,16(3)4)14-19-12-11-18-9-7-8-10-20(18)19/h7-10,12,17H,1,3,11,13-14H2,2,4-6H3. The van der Waals surface area contributed by atoms with Gasteiger partial charge >= 0.3 is 0 Å². The number of rotatable bonds is 6. The summed E-state index contributed by atoms with van der Waals surface area (Å²) in [6, 6.07) is 8.78. The number of benzene rings is 1. The number of hydrogen-bond donors (Lipinski definition) is 0. The van der Waals surface area contributed by atoms with Gasteiger partial charge in [-0.05, 0) is 61.1 Å². The van der Waals surface area contributed by atoms with Gasteiger partial charge in [0.05, 0.1) is 0 Å². The van der Waals surface area contributed by atoms with Gasteiger partial charge < -0.3 is 0 Å². The van der Waals surface area contributed by atoms with Gasteiger partial charge in [0.1, 0.15) is 0 Å². The maximum Gasteiger partial charge on any atom is -0.00758 e. The molecule has 0 aliphatic heterocycles. The predicted molar refractivity (Wildman–Crippen MR) is 94.3 cm³/mol. The monoisotopic (exact) mass is 280 g/mol. The van der Waals surface area contributed by atoms with Crippen LogP contribution in [0.15, 0.2) is 54.6 Å². The van der Waals surface area contributed by atoms with Crippen LogP contribution in [0.2, 0.25) is 0 Å². The molecule has 2 rings (SSSR count). The first-order chi connectivity index (χ1) is 9.83. The third-order valence-corrected chi connectivity index (χ3v) is 5.14. The van der Waals surface area contributed by atoms with E-state index in [9.17, 15) is 0 Å². The van der Waals surface area contributed by atoms with E-state index in [2.05, 4.69) is 71.2 Å². The van der Waals surface area contributed by atoms with E-state index in [0.29, 0.717) is 5.92 Å². The van der Waals surface area contributed by atoms with Gasteiger partial charge in [-0.3, -0.25) is 0 Å². The molecule has 2 atom stereocenters. The zero-order valence-corrected chi connectivity index (χ0v) is 14.0. The van der Waals surface area contributed by atoms with E-state index in [1.54, 1.807) is 0 Å². The van der Waals surface area contributed by atoms with E-state index >= 15 is 0 Å². The van der Waals surface area contributed by atoms with Crippen molar-refractivity contribution in [3.8, 4) is 0 Å². The Morgan fingerprint density at radius 3 is 2.52 bits per heavy atom. The zero-order valence-electron chi connectivity index (χ0n) is 14.0. The van der Waals surface area contributed by atoms with Crippen molar-refractivity contribution in [1.29, 1.82) is 0 Å². The van der Waals surface area contributed by atoms with E-state index in [4.69, 9.17) is 0 Å². The van der Waals surface area contributed by atoms with Crippen LogP contribution in [-0.4, -0.2) is 0 Å². The Morgan fingerprint density at radius 1 is 1.24 bits per heavy atom. The second-order valence-electron chi connectivity index (χ2n) is 7.06. The molecule has 0 heterocycles. The molecule has 1 aliphatic rings. The Labute approximate surface area is 130 Å². The topological polar surface area (TPSA) is 0 Å². The average Bonchev–Trinajstić information content (AvgIpc) is 2.81. The lowest BCUT2D eigenvalue weighted by Crippen LogP contribution is -2.22. The van der Waals surface area contributed by atoms with E-state index in [-0.39, 0.29) is 5.41 Å². The molecule has 1 aromatic rings. The smallest absolute Gasteiger partial charge is 0.00758 e. The largest absolute Gasteiger partial charge is 0.0999 e. The Morgan fingerprint density at radius 2 is 1.90 bits per heavy atom. The maximum atomic E-state index is 4.28. The van der Waals surface area contributed by atoms with E-state index in [1.165, 1.54) is 27.8 Å². The molecule has 0 nitrogen and oxygen atoms in total. The highest BCUT2D eigenvalue weighted by Crippen LogP contribution is 2.44. The third-order valence-electron chi connectivity index (χ3n) is 5.14. The summed E-state index contributed by atoms with van der Waals surface area (Å²) in [6.07, 6.45) is 5.68. The summed E-state index contributed by atoms with van der Waals surface area (Å²) in [5.74, 6) is 0.531. The van der Waals surface area contributed by atoms with Crippen LogP contribution >= 0.6 is 0 Å². The molecule has 0 heteroatoms. The summed E-state index contributed by atoms with van der Waals surface area (Å²) < 4.78 is 0. The van der Waals surface area contributed by atoms with Gasteiger partial charge in [0, 0.05) is 0 Å². The Hall–Kier alpha value is -1.56. The fourth-order valence-electron chi connectivity index (χ4n) is 3.19. The van der Waals surface area contributed by atoms with Crippen molar-refractivity contribution in [3.05, 3.63) is 65.8 Å². The average molecular weight is 280 g/mol. The second-order valence-corrected chi connectivity index (χ2v) is 7.06. The van der Waals surface area contributed by atoms with Crippen LogP contribution in [0.4, 0.5) is 0 Å². The molecule has 112 valence electrons. The van der Waals surface area contributed by atoms with Crippen molar-refractivity contribution in [2.24, 2.45) is 11.3 Å². The van der Waals surface area contributed by atoms with Crippen molar-refractivity contribution >= 4 is 5.57 Å². The van der Waals surface area contributed by atoms with Gasteiger partial charge in [-0.1, -0.05) is 68.5 Å². The fraction of sp³-hybridized carbons (Fsp3) is 0.429. The highest BCUT2D eigenvalue weighted by atomic mass is 14.3. The summed E-state index contributed by atoms with van der Waals surface area (Å²) >= 11 is 0. The minimum Gasteiger partial charge on any atom is -0.0999 e. The molecule has 0 aromatic heterocycles. The minimum atomic E-state index is 0.141. The molecule has 0 spiro atoms. The normalized spacial score (nSPS) is 17.6. The van der Waals surface area contributed by atoms with Crippen molar-refractivity contribution in [2.75, 3.05) is 0 Å². The number of allylic oxidation sites excluding steroid dienone is 4. The molecule has 0 bridgehead atoms. The molecular formula is C21H28. The van der Waals surface area contributed by atoms with Gasteiger partial charge in [-0.2, -0.15) is 0 Å². The lowest BCUT2D eigenvalue weighted by Gasteiger charge is -2.34. The molecule has 1 aromatic carbocycles. The van der Waals surface area contributed by atoms with Gasteiger partial charge in [-0.25, -0.2) is 0 Å². The number of hydrogen-bond acceptors (Lipinski definition) is 0. The first-order valence-corrected chi connectivity index (χ1v) is 7.92. The Kier molecular flexibility index (Phi) is 4.56. The molecule has 2 unspecified atom stereocenters. The van der Waals surface area contributed by atoms with Gasteiger partial charge in [0.15, 0.2) is 0 Å². The molecule has 0 saturated heterocycles. The van der Waals surface area contributed by atoms with Crippen molar-refractivity contribution < 1.29 is 0 Å². The third kappa shape index (κ3) is 3.37.